The van der Waals surface area contributed by atoms with Crippen LogP contribution in [-0.4, -0.2) is 49.3 Å². The number of amides is 2. The van der Waals surface area contributed by atoms with Gasteiger partial charge in [-0.15, -0.1) is 10.2 Å². The van der Waals surface area contributed by atoms with E-state index in [0.717, 1.165) is 25.7 Å². The van der Waals surface area contributed by atoms with Gasteiger partial charge >= 0.3 is 0 Å². The molecule has 0 aliphatic heterocycles. The molecule has 2 saturated carbocycles. The summed E-state index contributed by atoms with van der Waals surface area (Å²) in [7, 11) is 1.87. The molecule has 1 aromatic carbocycles. The van der Waals surface area contributed by atoms with E-state index in [-0.39, 0.29) is 17.9 Å². The van der Waals surface area contributed by atoms with E-state index in [1.807, 2.05) is 18.5 Å². The van der Waals surface area contributed by atoms with E-state index in [1.165, 1.54) is 50.3 Å². The number of carbonyl (C=O) groups is 2. The third-order valence-electron chi connectivity index (χ3n) is 7.33. The summed E-state index contributed by atoms with van der Waals surface area (Å²) in [5.74, 6) is 0.909. The van der Waals surface area contributed by atoms with Crippen molar-refractivity contribution >= 4 is 46.8 Å². The number of nitrogens with zero attached hydrogens (tertiary/aromatic N) is 4. The number of hydrogen-bond acceptors (Lipinski definition) is 5. The molecular formula is C26H35Cl2N5O2S. The third-order valence-corrected chi connectivity index (χ3v) is 9.08. The average molecular weight is 553 g/mol. The summed E-state index contributed by atoms with van der Waals surface area (Å²) in [6.07, 6.45) is 11.9. The second kappa shape index (κ2) is 12.7. The maximum Gasteiger partial charge on any atom is 0.251 e. The average Bonchev–Trinajstić information content (AvgIpc) is 3.26. The zero-order valence-electron chi connectivity index (χ0n) is 21.0. The lowest BCUT2D eigenvalue weighted by molar-refractivity contribution is -0.135. The Labute approximate surface area is 227 Å². The zero-order chi connectivity index (χ0) is 25.7. The van der Waals surface area contributed by atoms with E-state index in [0.29, 0.717) is 44.4 Å². The fraction of sp³-hybridized carbons (Fsp3) is 0.615. The summed E-state index contributed by atoms with van der Waals surface area (Å²) in [4.78, 5) is 28.4. The van der Waals surface area contributed by atoms with Gasteiger partial charge in [-0.1, -0.05) is 73.5 Å². The van der Waals surface area contributed by atoms with Gasteiger partial charge in [0.05, 0.1) is 21.8 Å². The zero-order valence-corrected chi connectivity index (χ0v) is 23.3. The predicted molar refractivity (Wildman–Crippen MR) is 145 cm³/mol. The summed E-state index contributed by atoms with van der Waals surface area (Å²) in [5, 5.41) is 12.9. The maximum atomic E-state index is 13.5. The molecule has 2 aromatic rings. The van der Waals surface area contributed by atoms with Gasteiger partial charge in [0, 0.05) is 24.7 Å². The summed E-state index contributed by atoms with van der Waals surface area (Å²) < 4.78 is 1.85. The molecule has 36 heavy (non-hydrogen) atoms. The normalized spacial score (nSPS) is 18.1. The predicted octanol–water partition coefficient (Wildman–Crippen LogP) is 6.20. The van der Waals surface area contributed by atoms with Gasteiger partial charge in [-0.25, -0.2) is 0 Å². The first kappa shape index (κ1) is 27.3. The van der Waals surface area contributed by atoms with Crippen LogP contribution in [0.3, 0.4) is 0 Å². The molecule has 10 heteroatoms. The first-order valence-corrected chi connectivity index (χ1v) is 14.7. The lowest BCUT2D eigenvalue weighted by Crippen LogP contribution is -2.49. The fourth-order valence-electron chi connectivity index (χ4n) is 5.44. The largest absolute Gasteiger partial charge is 0.342 e. The minimum atomic E-state index is -0.379. The number of rotatable bonds is 8. The minimum Gasteiger partial charge on any atom is -0.342 e. The topological polar surface area (TPSA) is 80.1 Å². The first-order chi connectivity index (χ1) is 17.3. The molecule has 0 bridgehead atoms. The molecule has 0 unspecified atom stereocenters. The van der Waals surface area contributed by atoms with Crippen LogP contribution in [0, 0.1) is 0 Å². The minimum absolute atomic E-state index is 0.212. The second-order valence-corrected chi connectivity index (χ2v) is 11.7. The van der Waals surface area contributed by atoms with Crippen molar-refractivity contribution in [3.8, 4) is 0 Å². The molecule has 1 N–H and O–H groups in total. The van der Waals surface area contributed by atoms with Crippen LogP contribution in [0.1, 0.15) is 93.4 Å². The highest BCUT2D eigenvalue weighted by atomic mass is 35.5. The van der Waals surface area contributed by atoms with Gasteiger partial charge in [0.15, 0.2) is 11.0 Å². The standard InChI is InChI=1S/C26H35Cl2N5O2S/c1-17(29-25(35)18-13-14-21(27)22(28)15-18)24-30-31-26(32(24)2)36-16-23(34)33(19-9-5-3-6-10-19)20-11-7-4-8-12-20/h13-15,17,19-20H,3-12,16H2,1-2H3,(H,29,35)/t17-/m0/s1. The van der Waals surface area contributed by atoms with Gasteiger partial charge in [0.1, 0.15) is 0 Å². The molecule has 1 aromatic heterocycles. The van der Waals surface area contributed by atoms with Crippen LogP contribution >= 0.6 is 35.0 Å². The molecule has 2 aliphatic carbocycles. The van der Waals surface area contributed by atoms with Crippen molar-refractivity contribution < 1.29 is 9.59 Å². The molecule has 2 aliphatic rings. The molecule has 1 atom stereocenters. The van der Waals surface area contributed by atoms with Gasteiger partial charge in [0.2, 0.25) is 5.91 Å². The Morgan fingerprint density at radius 1 is 1.03 bits per heavy atom. The van der Waals surface area contributed by atoms with Crippen LogP contribution < -0.4 is 5.32 Å². The highest BCUT2D eigenvalue weighted by Crippen LogP contribution is 2.31. The number of thioether (sulfide) groups is 1. The SMILES string of the molecule is C[C@H](NC(=O)c1ccc(Cl)c(Cl)c1)c1nnc(SCC(=O)N(C2CCCCC2)C2CCCCC2)n1C. The Kier molecular flexibility index (Phi) is 9.58. The number of aromatic nitrogens is 3. The lowest BCUT2D eigenvalue weighted by atomic mass is 9.88. The molecule has 2 fully saturated rings. The number of carbonyl (C=O) groups excluding carboxylic acids is 2. The Balaban J connectivity index is 1.38. The Morgan fingerprint density at radius 3 is 2.22 bits per heavy atom. The lowest BCUT2D eigenvalue weighted by Gasteiger charge is -2.41. The summed E-state index contributed by atoms with van der Waals surface area (Å²) in [6, 6.07) is 5.14. The van der Waals surface area contributed by atoms with Crippen molar-refractivity contribution in [2.45, 2.75) is 94.4 Å². The third kappa shape index (κ3) is 6.56. The molecule has 0 saturated heterocycles. The van der Waals surface area contributed by atoms with E-state index < -0.39 is 0 Å². The van der Waals surface area contributed by atoms with Crippen LogP contribution in [0.25, 0.3) is 0 Å². The van der Waals surface area contributed by atoms with E-state index >= 15 is 0 Å². The molecular weight excluding hydrogens is 517 g/mol. The summed E-state index contributed by atoms with van der Waals surface area (Å²) in [6.45, 7) is 1.85. The number of benzene rings is 1. The Bertz CT molecular complexity index is 1050. The number of hydrogen-bond donors (Lipinski definition) is 1. The van der Waals surface area contributed by atoms with Crippen LogP contribution in [0.4, 0.5) is 0 Å². The molecule has 7 nitrogen and oxygen atoms in total. The second-order valence-electron chi connectivity index (χ2n) is 9.90. The Hall–Kier alpha value is -1.77. The maximum absolute atomic E-state index is 13.5. The van der Waals surface area contributed by atoms with Crippen LogP contribution in [0.15, 0.2) is 23.4 Å². The number of halogens is 2. The van der Waals surface area contributed by atoms with Gasteiger partial charge < -0.3 is 14.8 Å². The van der Waals surface area contributed by atoms with Crippen molar-refractivity contribution in [2.75, 3.05) is 5.75 Å². The molecule has 0 radical (unpaired) electrons. The van der Waals surface area contributed by atoms with Crippen LogP contribution in [-0.2, 0) is 11.8 Å². The van der Waals surface area contributed by atoms with E-state index in [1.54, 1.807) is 18.2 Å². The first-order valence-electron chi connectivity index (χ1n) is 12.9. The van der Waals surface area contributed by atoms with Gasteiger partial charge in [-0.3, -0.25) is 9.59 Å². The van der Waals surface area contributed by atoms with Crippen molar-refractivity contribution in [3.05, 3.63) is 39.6 Å². The monoisotopic (exact) mass is 551 g/mol. The van der Waals surface area contributed by atoms with E-state index in [9.17, 15) is 9.59 Å². The van der Waals surface area contributed by atoms with Gasteiger partial charge in [-0.2, -0.15) is 0 Å². The summed E-state index contributed by atoms with van der Waals surface area (Å²) in [5.41, 5.74) is 0.420. The van der Waals surface area contributed by atoms with E-state index in [4.69, 9.17) is 23.2 Å². The van der Waals surface area contributed by atoms with E-state index in [2.05, 4.69) is 20.4 Å². The van der Waals surface area contributed by atoms with Crippen molar-refractivity contribution in [3.63, 3.8) is 0 Å². The van der Waals surface area contributed by atoms with Crippen LogP contribution in [0.5, 0.6) is 0 Å². The number of nitrogens with one attached hydrogen (secondary N) is 1. The van der Waals surface area contributed by atoms with Gasteiger partial charge in [0.25, 0.3) is 5.91 Å². The highest BCUT2D eigenvalue weighted by Gasteiger charge is 2.32. The summed E-state index contributed by atoms with van der Waals surface area (Å²) >= 11 is 13.4. The molecule has 0 spiro atoms. The highest BCUT2D eigenvalue weighted by molar-refractivity contribution is 7.99. The van der Waals surface area contributed by atoms with Gasteiger partial charge in [-0.05, 0) is 50.8 Å². The molecule has 4 rings (SSSR count). The smallest absolute Gasteiger partial charge is 0.251 e. The quantitative estimate of drug-likeness (QED) is 0.395. The van der Waals surface area contributed by atoms with Crippen molar-refractivity contribution in [2.24, 2.45) is 7.05 Å². The van der Waals surface area contributed by atoms with Crippen molar-refractivity contribution in [1.82, 2.24) is 25.0 Å². The van der Waals surface area contributed by atoms with Crippen LogP contribution in [0.2, 0.25) is 10.0 Å². The fourth-order valence-corrected chi connectivity index (χ4v) is 6.52. The molecule has 1 heterocycles. The van der Waals surface area contributed by atoms with Crippen molar-refractivity contribution in [1.29, 1.82) is 0 Å². The Morgan fingerprint density at radius 2 is 1.64 bits per heavy atom. The molecule has 2 amide bonds. The molecule has 196 valence electrons.